The average Bonchev–Trinajstić information content (AvgIpc) is 2.59. The molecular formula is C19H29N3O4. The molecule has 2 rings (SSSR count). The van der Waals surface area contributed by atoms with Gasteiger partial charge in [0.15, 0.2) is 0 Å². The fourth-order valence-corrected chi connectivity index (χ4v) is 2.80. The first-order valence-electron chi connectivity index (χ1n) is 9.07. The van der Waals surface area contributed by atoms with Gasteiger partial charge in [-0.15, -0.1) is 0 Å². The van der Waals surface area contributed by atoms with E-state index < -0.39 is 11.9 Å². The van der Waals surface area contributed by atoms with Crippen LogP contribution in [0.4, 0.5) is 4.79 Å². The Bertz CT molecular complexity index is 627. The maximum atomic E-state index is 12.4. The predicted molar refractivity (Wildman–Crippen MR) is 98.0 cm³/mol. The number of likely N-dealkylation sites (tertiary alicyclic amines) is 1. The molecular weight excluding hydrogens is 334 g/mol. The topological polar surface area (TPSA) is 91.8 Å². The summed E-state index contributed by atoms with van der Waals surface area (Å²) in [6.07, 6.45) is 5.57. The lowest BCUT2D eigenvalue weighted by Gasteiger charge is -2.30. The first kappa shape index (κ1) is 20.0. The smallest absolute Gasteiger partial charge is 0.317 e. The highest BCUT2D eigenvalue weighted by atomic mass is 16.5. The molecule has 2 amide bonds. The Morgan fingerprint density at radius 1 is 1.42 bits per heavy atom. The Hall–Kier alpha value is -2.31. The van der Waals surface area contributed by atoms with E-state index in [4.69, 9.17) is 9.84 Å². The van der Waals surface area contributed by atoms with Gasteiger partial charge < -0.3 is 20.1 Å². The number of rotatable bonds is 6. The minimum Gasteiger partial charge on any atom is -0.492 e. The number of ether oxygens (including phenoxy) is 1. The van der Waals surface area contributed by atoms with Crippen LogP contribution in [0.1, 0.15) is 45.6 Å². The van der Waals surface area contributed by atoms with Gasteiger partial charge in [0.05, 0.1) is 18.7 Å². The van der Waals surface area contributed by atoms with Crippen molar-refractivity contribution in [3.8, 4) is 5.75 Å². The summed E-state index contributed by atoms with van der Waals surface area (Å²) in [7, 11) is 0. The maximum Gasteiger partial charge on any atom is 0.317 e. The summed E-state index contributed by atoms with van der Waals surface area (Å²) < 4.78 is 5.83. The molecule has 1 aromatic heterocycles. The molecule has 0 saturated carbocycles. The summed E-state index contributed by atoms with van der Waals surface area (Å²) in [5, 5.41) is 12.0. The quantitative estimate of drug-likeness (QED) is 0.811. The number of hydrogen-bond acceptors (Lipinski definition) is 4. The van der Waals surface area contributed by atoms with Crippen LogP contribution in [0.15, 0.2) is 18.5 Å². The van der Waals surface area contributed by atoms with E-state index in [1.807, 2.05) is 6.07 Å². The van der Waals surface area contributed by atoms with E-state index in [1.54, 1.807) is 17.3 Å². The predicted octanol–water partition coefficient (Wildman–Crippen LogP) is 2.90. The summed E-state index contributed by atoms with van der Waals surface area (Å²) in [5.41, 5.74) is 1.04. The molecule has 0 aliphatic carbocycles. The molecule has 0 aromatic carbocycles. The Kier molecular flexibility index (Phi) is 6.83. The number of nitrogens with zero attached hydrogens (tertiary/aromatic N) is 2. The third-order valence-electron chi connectivity index (χ3n) is 4.47. The van der Waals surface area contributed by atoms with Crippen LogP contribution in [0.2, 0.25) is 0 Å². The van der Waals surface area contributed by atoms with Gasteiger partial charge in [0.1, 0.15) is 5.75 Å². The number of carboxylic acid groups (broad SMARTS) is 1. The summed E-state index contributed by atoms with van der Waals surface area (Å²) in [6.45, 7) is 8.22. The van der Waals surface area contributed by atoms with Gasteiger partial charge in [0.2, 0.25) is 0 Å². The fraction of sp³-hybridized carbons (Fsp3) is 0.632. The van der Waals surface area contributed by atoms with E-state index in [2.05, 4.69) is 31.1 Å². The van der Waals surface area contributed by atoms with Crippen molar-refractivity contribution >= 4 is 12.0 Å². The van der Waals surface area contributed by atoms with Crippen LogP contribution in [0.25, 0.3) is 0 Å². The molecule has 7 heteroatoms. The lowest BCUT2D eigenvalue weighted by molar-refractivity contribution is -0.143. The molecule has 1 unspecified atom stereocenters. The van der Waals surface area contributed by atoms with Crippen LogP contribution in [0, 0.1) is 11.3 Å². The van der Waals surface area contributed by atoms with Gasteiger partial charge in [-0.1, -0.05) is 20.8 Å². The van der Waals surface area contributed by atoms with Crippen LogP contribution in [0.5, 0.6) is 5.75 Å². The molecule has 144 valence electrons. The molecule has 1 saturated heterocycles. The van der Waals surface area contributed by atoms with Gasteiger partial charge in [-0.3, -0.25) is 9.78 Å². The fourth-order valence-electron chi connectivity index (χ4n) is 2.80. The summed E-state index contributed by atoms with van der Waals surface area (Å²) in [4.78, 5) is 29.2. The van der Waals surface area contributed by atoms with Crippen LogP contribution >= 0.6 is 0 Å². The Balaban J connectivity index is 1.88. The second-order valence-corrected chi connectivity index (χ2v) is 7.92. The number of aromatic nitrogens is 1. The van der Waals surface area contributed by atoms with E-state index in [-0.39, 0.29) is 18.0 Å². The standard InChI is InChI=1S/C19H29N3O4/c1-19(2,3)7-10-26-16-12-20-8-6-14(16)11-21-18(25)22-9-4-5-15(13-22)17(23)24/h6,8,12,15H,4-5,7,9-11,13H2,1-3H3,(H,21,25)(H,23,24). The van der Waals surface area contributed by atoms with Crippen LogP contribution in [-0.2, 0) is 11.3 Å². The van der Waals surface area contributed by atoms with Crippen molar-refractivity contribution < 1.29 is 19.4 Å². The summed E-state index contributed by atoms with van der Waals surface area (Å²) >= 11 is 0. The molecule has 26 heavy (non-hydrogen) atoms. The first-order chi connectivity index (χ1) is 12.3. The Morgan fingerprint density at radius 3 is 2.88 bits per heavy atom. The van der Waals surface area contributed by atoms with Crippen molar-refractivity contribution in [3.05, 3.63) is 24.0 Å². The van der Waals surface area contributed by atoms with E-state index in [0.717, 1.165) is 12.0 Å². The van der Waals surface area contributed by atoms with Crippen molar-refractivity contribution in [2.75, 3.05) is 19.7 Å². The number of hydrogen-bond donors (Lipinski definition) is 2. The van der Waals surface area contributed by atoms with Crippen molar-refractivity contribution in [1.82, 2.24) is 15.2 Å². The van der Waals surface area contributed by atoms with Gasteiger partial charge in [-0.05, 0) is 30.7 Å². The SMILES string of the molecule is CC(C)(C)CCOc1cnccc1CNC(=O)N1CCCC(C(=O)O)C1. The van der Waals surface area contributed by atoms with Gasteiger partial charge in [0, 0.05) is 31.4 Å². The number of piperidine rings is 1. The highest BCUT2D eigenvalue weighted by Crippen LogP contribution is 2.22. The number of carboxylic acids is 1. The molecule has 2 heterocycles. The molecule has 7 nitrogen and oxygen atoms in total. The second-order valence-electron chi connectivity index (χ2n) is 7.92. The highest BCUT2D eigenvalue weighted by Gasteiger charge is 2.28. The number of amides is 2. The van der Waals surface area contributed by atoms with Gasteiger partial charge in [-0.2, -0.15) is 0 Å². The third-order valence-corrected chi connectivity index (χ3v) is 4.47. The van der Waals surface area contributed by atoms with Crippen LogP contribution in [-0.4, -0.2) is 46.7 Å². The summed E-state index contributed by atoms with van der Waals surface area (Å²) in [6, 6.07) is 1.58. The number of nitrogens with one attached hydrogen (secondary N) is 1. The molecule has 2 N–H and O–H groups in total. The summed E-state index contributed by atoms with van der Waals surface area (Å²) in [5.74, 6) is -0.656. The van der Waals surface area contributed by atoms with Crippen LogP contribution < -0.4 is 10.1 Å². The number of pyridine rings is 1. The monoisotopic (exact) mass is 363 g/mol. The number of aliphatic carboxylic acids is 1. The zero-order chi connectivity index (χ0) is 19.2. The Morgan fingerprint density at radius 2 is 2.19 bits per heavy atom. The molecule has 1 atom stereocenters. The zero-order valence-electron chi connectivity index (χ0n) is 15.8. The second kappa shape index (κ2) is 8.87. The average molecular weight is 363 g/mol. The largest absolute Gasteiger partial charge is 0.492 e. The van der Waals surface area contributed by atoms with Crippen molar-refractivity contribution in [2.24, 2.45) is 11.3 Å². The van der Waals surface area contributed by atoms with Gasteiger partial charge in [-0.25, -0.2) is 4.79 Å². The molecule has 0 bridgehead atoms. The Labute approximate surface area is 154 Å². The number of carbonyl (C=O) groups excluding carboxylic acids is 1. The molecule has 1 fully saturated rings. The highest BCUT2D eigenvalue weighted by molar-refractivity contribution is 5.76. The lowest BCUT2D eigenvalue weighted by Crippen LogP contribution is -2.46. The van der Waals surface area contributed by atoms with Crippen molar-refractivity contribution in [3.63, 3.8) is 0 Å². The first-order valence-corrected chi connectivity index (χ1v) is 9.07. The normalized spacial score (nSPS) is 17.7. The molecule has 0 spiro atoms. The van der Waals surface area contributed by atoms with Crippen molar-refractivity contribution in [2.45, 2.75) is 46.6 Å². The van der Waals surface area contributed by atoms with Crippen molar-refractivity contribution in [1.29, 1.82) is 0 Å². The third kappa shape index (κ3) is 6.20. The van der Waals surface area contributed by atoms with E-state index in [0.29, 0.717) is 38.3 Å². The molecule has 1 aliphatic rings. The molecule has 1 aliphatic heterocycles. The van der Waals surface area contributed by atoms with E-state index >= 15 is 0 Å². The van der Waals surface area contributed by atoms with Gasteiger partial charge in [0.25, 0.3) is 0 Å². The number of urea groups is 1. The minimum absolute atomic E-state index is 0.186. The molecule has 1 aromatic rings. The van der Waals surface area contributed by atoms with Crippen LogP contribution in [0.3, 0.4) is 0 Å². The van der Waals surface area contributed by atoms with E-state index in [1.165, 1.54) is 0 Å². The van der Waals surface area contributed by atoms with E-state index in [9.17, 15) is 9.59 Å². The molecule has 0 radical (unpaired) electrons. The maximum absolute atomic E-state index is 12.4. The zero-order valence-corrected chi connectivity index (χ0v) is 15.8. The van der Waals surface area contributed by atoms with Gasteiger partial charge >= 0.3 is 12.0 Å². The lowest BCUT2D eigenvalue weighted by atomic mass is 9.93. The number of carbonyl (C=O) groups is 2. The minimum atomic E-state index is -0.842.